The Morgan fingerprint density at radius 2 is 1.87 bits per heavy atom. The Kier molecular flexibility index (Phi) is 1.33. The first-order valence-electron chi connectivity index (χ1n) is 5.51. The van der Waals surface area contributed by atoms with E-state index < -0.39 is 5.79 Å². The van der Waals surface area contributed by atoms with Gasteiger partial charge in [-0.2, -0.15) is 0 Å². The number of carbonyl (C=O) groups excluding carboxylic acids is 1. The van der Waals surface area contributed by atoms with Crippen molar-refractivity contribution in [3.8, 4) is 0 Å². The Hall–Kier alpha value is -0.930. The second-order valence-corrected chi connectivity index (χ2v) is 4.72. The molecule has 0 unspecified atom stereocenters. The van der Waals surface area contributed by atoms with Crippen molar-refractivity contribution in [1.82, 2.24) is 0 Å². The zero-order chi connectivity index (χ0) is 10.0. The van der Waals surface area contributed by atoms with Crippen molar-refractivity contribution in [2.45, 2.75) is 5.79 Å². The van der Waals surface area contributed by atoms with E-state index in [0.29, 0.717) is 19.1 Å². The topological polar surface area (TPSA) is 35.5 Å². The number of ether oxygens (including phenoxy) is 2. The average Bonchev–Trinajstić information content (AvgIpc) is 2.96. The minimum Gasteiger partial charge on any atom is -0.346 e. The minimum absolute atomic E-state index is 0.0816. The predicted molar refractivity (Wildman–Crippen MR) is 51.9 cm³/mol. The highest BCUT2D eigenvalue weighted by Gasteiger charge is 2.66. The van der Waals surface area contributed by atoms with Crippen LogP contribution in [0.5, 0.6) is 0 Å². The number of carbonyl (C=O) groups is 1. The van der Waals surface area contributed by atoms with Gasteiger partial charge in [0.1, 0.15) is 0 Å². The van der Waals surface area contributed by atoms with Crippen molar-refractivity contribution >= 4 is 5.78 Å². The molecule has 3 aliphatic carbocycles. The largest absolute Gasteiger partial charge is 0.346 e. The third-order valence-electron chi connectivity index (χ3n) is 4.22. The zero-order valence-electron chi connectivity index (χ0n) is 8.26. The van der Waals surface area contributed by atoms with Crippen LogP contribution in [0.15, 0.2) is 24.3 Å². The molecule has 4 atom stereocenters. The van der Waals surface area contributed by atoms with Gasteiger partial charge in [0, 0.05) is 17.8 Å². The van der Waals surface area contributed by atoms with Gasteiger partial charge in [-0.05, 0) is 12.0 Å². The minimum atomic E-state index is -0.490. The van der Waals surface area contributed by atoms with Gasteiger partial charge in [-0.1, -0.05) is 18.2 Å². The van der Waals surface area contributed by atoms with Gasteiger partial charge in [0.2, 0.25) is 0 Å². The molecule has 78 valence electrons. The molecule has 3 nitrogen and oxygen atoms in total. The van der Waals surface area contributed by atoms with Crippen molar-refractivity contribution in [2.75, 3.05) is 13.2 Å². The Morgan fingerprint density at radius 1 is 1.13 bits per heavy atom. The first-order valence-corrected chi connectivity index (χ1v) is 5.51. The highest BCUT2D eigenvalue weighted by molar-refractivity contribution is 5.96. The van der Waals surface area contributed by atoms with Crippen LogP contribution in [0.1, 0.15) is 0 Å². The lowest BCUT2D eigenvalue weighted by atomic mass is 9.85. The van der Waals surface area contributed by atoms with Crippen LogP contribution >= 0.6 is 0 Å². The van der Waals surface area contributed by atoms with E-state index in [1.54, 1.807) is 6.08 Å². The summed E-state index contributed by atoms with van der Waals surface area (Å²) >= 11 is 0. The van der Waals surface area contributed by atoms with Gasteiger partial charge in [0.05, 0.1) is 13.2 Å². The first-order chi connectivity index (χ1) is 7.33. The molecule has 0 amide bonds. The molecule has 0 aromatic carbocycles. The molecule has 0 aromatic heterocycles. The summed E-state index contributed by atoms with van der Waals surface area (Å²) in [5.74, 6) is 0.532. The van der Waals surface area contributed by atoms with Crippen LogP contribution in [0, 0.1) is 23.7 Å². The van der Waals surface area contributed by atoms with Gasteiger partial charge in [-0.3, -0.25) is 4.79 Å². The van der Waals surface area contributed by atoms with Gasteiger partial charge >= 0.3 is 0 Å². The van der Waals surface area contributed by atoms with Gasteiger partial charge in [-0.25, -0.2) is 0 Å². The molecule has 0 aromatic rings. The third-order valence-corrected chi connectivity index (χ3v) is 4.22. The van der Waals surface area contributed by atoms with Crippen molar-refractivity contribution in [1.29, 1.82) is 0 Å². The number of ketones is 1. The van der Waals surface area contributed by atoms with Crippen molar-refractivity contribution < 1.29 is 14.3 Å². The van der Waals surface area contributed by atoms with Crippen LogP contribution in [0.3, 0.4) is 0 Å². The molecule has 3 heteroatoms. The zero-order valence-corrected chi connectivity index (χ0v) is 8.26. The van der Waals surface area contributed by atoms with Gasteiger partial charge < -0.3 is 9.47 Å². The lowest BCUT2D eigenvalue weighted by Crippen LogP contribution is -2.38. The lowest BCUT2D eigenvalue weighted by molar-refractivity contribution is -0.188. The molecule has 1 heterocycles. The fourth-order valence-electron chi connectivity index (χ4n) is 3.71. The first kappa shape index (κ1) is 8.25. The highest BCUT2D eigenvalue weighted by Crippen LogP contribution is 2.60. The summed E-state index contributed by atoms with van der Waals surface area (Å²) < 4.78 is 11.6. The summed E-state index contributed by atoms with van der Waals surface area (Å²) in [6.45, 7) is 1.32. The molecule has 15 heavy (non-hydrogen) atoms. The molecule has 1 saturated heterocycles. The van der Waals surface area contributed by atoms with E-state index in [-0.39, 0.29) is 23.5 Å². The maximum absolute atomic E-state index is 11.8. The van der Waals surface area contributed by atoms with Gasteiger partial charge in [0.25, 0.3) is 0 Å². The number of hydrogen-bond acceptors (Lipinski definition) is 3. The molecular formula is C12H12O3. The summed E-state index contributed by atoms with van der Waals surface area (Å²) in [5.41, 5.74) is 0. The fourth-order valence-corrected chi connectivity index (χ4v) is 3.71. The van der Waals surface area contributed by atoms with E-state index in [9.17, 15) is 4.79 Å². The molecule has 4 rings (SSSR count). The molecule has 4 aliphatic rings. The Bertz CT molecular complexity index is 390. The summed E-state index contributed by atoms with van der Waals surface area (Å²) in [5, 5.41) is 0. The predicted octanol–water partition coefficient (Wildman–Crippen LogP) is 0.917. The van der Waals surface area contributed by atoms with Crippen LogP contribution in [0.25, 0.3) is 0 Å². The third kappa shape index (κ3) is 0.755. The lowest BCUT2D eigenvalue weighted by Gasteiger charge is -2.28. The molecule has 1 saturated carbocycles. The molecule has 0 radical (unpaired) electrons. The van der Waals surface area contributed by atoms with Crippen molar-refractivity contribution in [2.24, 2.45) is 23.7 Å². The number of rotatable bonds is 0. The van der Waals surface area contributed by atoms with Gasteiger partial charge in [0.15, 0.2) is 11.6 Å². The molecule has 0 N–H and O–H groups in total. The summed E-state index contributed by atoms with van der Waals surface area (Å²) in [6.07, 6.45) is 8.04. The van der Waals surface area contributed by atoms with E-state index >= 15 is 0 Å². The normalized spacial score (nSPS) is 48.4. The van der Waals surface area contributed by atoms with Gasteiger partial charge in [-0.15, -0.1) is 0 Å². The summed E-state index contributed by atoms with van der Waals surface area (Å²) in [4.78, 5) is 11.8. The van der Waals surface area contributed by atoms with Crippen molar-refractivity contribution in [3.63, 3.8) is 0 Å². The van der Waals surface area contributed by atoms with Crippen LogP contribution in [0.4, 0.5) is 0 Å². The smallest absolute Gasteiger partial charge is 0.182 e. The fraction of sp³-hybridized carbons (Fsp3) is 0.583. The standard InChI is InChI=1S/C12H12O3/c13-10-4-1-7-8-2-3-9(11(7)10)12(8)14-5-6-15-12/h1-4,7-9,11H,5-6H2/t7-,8+,9+,11+/m1/s1. The quantitative estimate of drug-likeness (QED) is 0.550. The van der Waals surface area contributed by atoms with Crippen molar-refractivity contribution in [3.05, 3.63) is 24.3 Å². The highest BCUT2D eigenvalue weighted by atomic mass is 16.7. The SMILES string of the molecule is O=C1C=C[C@H]2[C@H]1[C@@H]1C=C[C@@H]2C12OCCO2. The molecule has 2 bridgehead atoms. The number of allylic oxidation sites excluding steroid dienone is 2. The van der Waals surface area contributed by atoms with Crippen LogP contribution in [-0.4, -0.2) is 24.8 Å². The Labute approximate surface area is 87.7 Å². The average molecular weight is 204 g/mol. The number of hydrogen-bond donors (Lipinski definition) is 0. The molecule has 1 aliphatic heterocycles. The molecular weight excluding hydrogens is 192 g/mol. The second kappa shape index (κ2) is 2.42. The van der Waals surface area contributed by atoms with E-state index in [1.807, 2.05) is 6.08 Å². The van der Waals surface area contributed by atoms with E-state index in [0.717, 1.165) is 0 Å². The Morgan fingerprint density at radius 3 is 2.60 bits per heavy atom. The Balaban J connectivity index is 1.83. The van der Waals surface area contributed by atoms with Crippen LogP contribution < -0.4 is 0 Å². The molecule has 2 fully saturated rings. The van der Waals surface area contributed by atoms with E-state index in [1.165, 1.54) is 0 Å². The van der Waals surface area contributed by atoms with Crippen LogP contribution in [-0.2, 0) is 14.3 Å². The summed E-state index contributed by atoms with van der Waals surface area (Å²) in [6, 6.07) is 0. The maximum Gasteiger partial charge on any atom is 0.182 e. The maximum atomic E-state index is 11.8. The van der Waals surface area contributed by atoms with E-state index in [2.05, 4.69) is 12.2 Å². The monoisotopic (exact) mass is 204 g/mol. The number of fused-ring (bicyclic) bond motifs is 3. The summed E-state index contributed by atoms with van der Waals surface area (Å²) in [7, 11) is 0. The second-order valence-electron chi connectivity index (χ2n) is 4.72. The van der Waals surface area contributed by atoms with E-state index in [4.69, 9.17) is 9.47 Å². The van der Waals surface area contributed by atoms with Crippen LogP contribution in [0.2, 0.25) is 0 Å². The molecule has 1 spiro atoms.